The molecule has 1 unspecified atom stereocenters. The van der Waals surface area contributed by atoms with Crippen LogP contribution in [0.4, 0.5) is 26.3 Å². The minimum absolute atomic E-state index is 0.0272. The first-order valence-electron chi connectivity index (χ1n) is 22.5. The zero-order chi connectivity index (χ0) is 45.0. The van der Waals surface area contributed by atoms with E-state index in [0.29, 0.717) is 29.6 Å². The topological polar surface area (TPSA) is 84.6 Å². The Balaban J connectivity index is 0.000000234. The van der Waals surface area contributed by atoms with Gasteiger partial charge in [-0.05, 0) is 109 Å². The van der Waals surface area contributed by atoms with Crippen LogP contribution in [-0.2, 0) is 36.7 Å². The maximum absolute atomic E-state index is 14.2. The Bertz CT molecular complexity index is 2090. The van der Waals surface area contributed by atoms with Crippen molar-refractivity contribution in [2.45, 2.75) is 200 Å². The molecule has 6 rings (SSSR count). The molecule has 0 radical (unpaired) electrons. The lowest BCUT2D eigenvalue weighted by Crippen LogP contribution is -2.46. The van der Waals surface area contributed by atoms with Crippen molar-refractivity contribution in [1.29, 1.82) is 0 Å². The van der Waals surface area contributed by atoms with Gasteiger partial charge in [-0.15, -0.1) is 0 Å². The standard InChI is InChI=1S/C25H36F3N3O2.C22H28F3NO2/c1-5-7-11-14-30-21-15-19(23(32)31(17(3)4)18-12-9-8-10-13-18)20(25(26,27)28)16-22(21)29(6-2)24(30)33;1-4-16-17-12-19(22(23,24)25)18(10-14(17)11-20(16)27)21(28)26(13(2)3)15-8-6-5-7-9-15/h15-18H,5-14H2,1-4H3;10,12-13,15-16H,4-9,11H2,1-3H3. The third kappa shape index (κ3) is 10.4. The number of amides is 2. The van der Waals surface area contributed by atoms with E-state index in [9.17, 15) is 45.5 Å². The van der Waals surface area contributed by atoms with E-state index < -0.39 is 41.2 Å². The number of hydrogen-bond acceptors (Lipinski definition) is 4. The van der Waals surface area contributed by atoms with Crippen molar-refractivity contribution in [3.8, 4) is 0 Å². The SMILES string of the molecule is CCC1C(=O)Cc2cc(C(=O)N(C(C)C)C3CCCCC3)c(C(F)(F)F)cc21.CCCCCn1c(=O)n(CC)c2cc(C(F)(F)F)c(C(=O)N(C(C)C)C3CCCCC3)cc21. The minimum atomic E-state index is -4.70. The fraction of sp³-hybridized carbons (Fsp3) is 0.660. The number of benzene rings is 2. The molecule has 0 bridgehead atoms. The third-order valence-electron chi connectivity index (χ3n) is 12.9. The second kappa shape index (κ2) is 19.9. The summed E-state index contributed by atoms with van der Waals surface area (Å²) in [5.41, 5.74) is -1.22. The maximum Gasteiger partial charge on any atom is 0.417 e. The number of halogens is 6. The van der Waals surface area contributed by atoms with Crippen LogP contribution in [0.3, 0.4) is 0 Å². The number of ketones is 1. The molecule has 0 spiro atoms. The lowest BCUT2D eigenvalue weighted by molar-refractivity contribution is -0.138. The average molecular weight is 863 g/mol. The van der Waals surface area contributed by atoms with Crippen LogP contribution in [0.1, 0.15) is 187 Å². The highest BCUT2D eigenvalue weighted by Gasteiger charge is 2.42. The first kappa shape index (κ1) is 47.9. The summed E-state index contributed by atoms with van der Waals surface area (Å²) >= 11 is 0. The summed E-state index contributed by atoms with van der Waals surface area (Å²) in [5.74, 6) is -1.73. The molecule has 3 aliphatic carbocycles. The second-order valence-electron chi connectivity index (χ2n) is 17.7. The van der Waals surface area contributed by atoms with Gasteiger partial charge in [0.25, 0.3) is 11.8 Å². The second-order valence-corrected chi connectivity index (χ2v) is 17.7. The van der Waals surface area contributed by atoms with Gasteiger partial charge < -0.3 is 9.80 Å². The van der Waals surface area contributed by atoms with Gasteiger partial charge in [0, 0.05) is 49.6 Å². The van der Waals surface area contributed by atoms with Crippen LogP contribution >= 0.6 is 0 Å². The van der Waals surface area contributed by atoms with Gasteiger partial charge in [0.2, 0.25) is 0 Å². The van der Waals surface area contributed by atoms with Gasteiger partial charge in [0.05, 0.1) is 33.3 Å². The van der Waals surface area contributed by atoms with Crippen molar-refractivity contribution in [1.82, 2.24) is 18.9 Å². The highest BCUT2D eigenvalue weighted by molar-refractivity contribution is 6.00. The number of rotatable bonds is 12. The summed E-state index contributed by atoms with van der Waals surface area (Å²) in [6.07, 6.45) is 3.26. The number of carbonyl (C=O) groups excluding carboxylic acids is 3. The lowest BCUT2D eigenvalue weighted by atomic mass is 9.90. The Morgan fingerprint density at radius 1 is 0.672 bits per heavy atom. The monoisotopic (exact) mass is 862 g/mol. The molecule has 14 heteroatoms. The highest BCUT2D eigenvalue weighted by atomic mass is 19.4. The molecule has 61 heavy (non-hydrogen) atoms. The zero-order valence-electron chi connectivity index (χ0n) is 36.9. The van der Waals surface area contributed by atoms with Crippen molar-refractivity contribution in [3.05, 3.63) is 68.1 Å². The largest absolute Gasteiger partial charge is 0.417 e. The molecule has 1 atom stereocenters. The predicted molar refractivity (Wildman–Crippen MR) is 226 cm³/mol. The summed E-state index contributed by atoms with van der Waals surface area (Å²) in [4.78, 5) is 55.5. The highest BCUT2D eigenvalue weighted by Crippen LogP contribution is 2.42. The molecule has 3 aliphatic rings. The number of imidazole rings is 1. The molecule has 1 heterocycles. The zero-order valence-corrected chi connectivity index (χ0v) is 36.9. The van der Waals surface area contributed by atoms with Crippen LogP contribution in [0.15, 0.2) is 29.1 Å². The molecule has 338 valence electrons. The van der Waals surface area contributed by atoms with Crippen LogP contribution in [0, 0.1) is 0 Å². The number of nitrogens with zero attached hydrogens (tertiary/aromatic N) is 4. The number of unbranched alkanes of at least 4 members (excludes halogenated alkanes) is 2. The van der Waals surface area contributed by atoms with E-state index in [1.54, 1.807) is 23.6 Å². The third-order valence-corrected chi connectivity index (χ3v) is 12.9. The van der Waals surface area contributed by atoms with Crippen LogP contribution in [0.5, 0.6) is 0 Å². The predicted octanol–water partition coefficient (Wildman–Crippen LogP) is 11.7. The molecule has 8 nitrogen and oxygen atoms in total. The lowest BCUT2D eigenvalue weighted by Gasteiger charge is -2.38. The van der Waals surface area contributed by atoms with Crippen molar-refractivity contribution in [2.24, 2.45) is 0 Å². The van der Waals surface area contributed by atoms with Gasteiger partial charge in [-0.2, -0.15) is 26.3 Å². The average Bonchev–Trinajstić information content (AvgIpc) is 3.67. The van der Waals surface area contributed by atoms with Gasteiger partial charge in [0.1, 0.15) is 5.78 Å². The van der Waals surface area contributed by atoms with Crippen molar-refractivity contribution in [3.63, 3.8) is 0 Å². The van der Waals surface area contributed by atoms with Crippen LogP contribution < -0.4 is 5.69 Å². The van der Waals surface area contributed by atoms with E-state index in [1.807, 2.05) is 27.7 Å². The van der Waals surface area contributed by atoms with Crippen LogP contribution in [0.25, 0.3) is 11.0 Å². The Labute approximate surface area is 356 Å². The van der Waals surface area contributed by atoms with Crippen LogP contribution in [-0.4, -0.2) is 60.7 Å². The quantitative estimate of drug-likeness (QED) is 0.134. The van der Waals surface area contributed by atoms with Gasteiger partial charge in [-0.1, -0.05) is 65.2 Å². The number of hydrogen-bond donors (Lipinski definition) is 0. The Morgan fingerprint density at radius 2 is 1.15 bits per heavy atom. The van der Waals surface area contributed by atoms with Crippen LogP contribution in [0.2, 0.25) is 0 Å². The number of aromatic nitrogens is 2. The first-order valence-corrected chi connectivity index (χ1v) is 22.5. The Morgan fingerprint density at radius 3 is 1.59 bits per heavy atom. The Kier molecular flexibility index (Phi) is 15.7. The fourth-order valence-corrected chi connectivity index (χ4v) is 9.94. The van der Waals surface area contributed by atoms with E-state index in [2.05, 4.69) is 6.92 Å². The fourth-order valence-electron chi connectivity index (χ4n) is 9.94. The van der Waals surface area contributed by atoms with Crippen molar-refractivity contribution in [2.75, 3.05) is 0 Å². The molecule has 0 N–H and O–H groups in total. The molecule has 2 aromatic carbocycles. The minimum Gasteiger partial charge on any atom is -0.333 e. The molecule has 0 saturated heterocycles. The molecule has 3 aromatic rings. The van der Waals surface area contributed by atoms with Crippen molar-refractivity contribution < 1.29 is 40.7 Å². The Hall–Kier alpha value is -4.10. The maximum atomic E-state index is 14.2. The normalized spacial score (nSPS) is 17.8. The van der Waals surface area contributed by atoms with E-state index in [0.717, 1.165) is 95.6 Å². The summed E-state index contributed by atoms with van der Waals surface area (Å²) < 4.78 is 87.0. The molecule has 2 fully saturated rings. The first-order chi connectivity index (χ1) is 28.8. The van der Waals surface area contributed by atoms with Crippen molar-refractivity contribution >= 4 is 28.6 Å². The molecular formula is C47H64F6N4O4. The summed E-state index contributed by atoms with van der Waals surface area (Å²) in [6, 6.07) is 4.23. The molecule has 2 saturated carbocycles. The van der Waals surface area contributed by atoms with Gasteiger partial charge in [0.15, 0.2) is 0 Å². The smallest absolute Gasteiger partial charge is 0.333 e. The summed E-state index contributed by atoms with van der Waals surface area (Å²) in [6.45, 7) is 13.7. The number of Topliss-reactive ketones (excluding diaryl/α,β-unsaturated/α-hetero) is 1. The van der Waals surface area contributed by atoms with E-state index in [1.165, 1.54) is 21.3 Å². The number of carbonyl (C=O) groups is 3. The van der Waals surface area contributed by atoms with Gasteiger partial charge in [-0.25, -0.2) is 4.79 Å². The molecular weight excluding hydrogens is 799 g/mol. The van der Waals surface area contributed by atoms with Gasteiger partial charge in [-0.3, -0.25) is 23.5 Å². The summed E-state index contributed by atoms with van der Waals surface area (Å²) in [5, 5.41) is 0. The number of alkyl halides is 6. The van der Waals surface area contributed by atoms with E-state index in [-0.39, 0.29) is 65.2 Å². The molecule has 1 aromatic heterocycles. The molecule has 0 aliphatic heterocycles. The van der Waals surface area contributed by atoms with Gasteiger partial charge >= 0.3 is 18.0 Å². The van der Waals surface area contributed by atoms with E-state index >= 15 is 0 Å². The number of aryl methyl sites for hydroxylation is 2. The molecule has 2 amide bonds. The van der Waals surface area contributed by atoms with E-state index in [4.69, 9.17) is 0 Å². The number of fused-ring (bicyclic) bond motifs is 2. The summed E-state index contributed by atoms with van der Waals surface area (Å²) in [7, 11) is 0.